The average Bonchev–Trinajstić information content (AvgIpc) is 3.39. The summed E-state index contributed by atoms with van der Waals surface area (Å²) in [6.07, 6.45) is 3.12. The van der Waals surface area contributed by atoms with Crippen LogP contribution in [-0.2, 0) is 0 Å². The molecule has 7 heteroatoms. The molecule has 4 aromatic rings. The van der Waals surface area contributed by atoms with Gasteiger partial charge in [-0.15, -0.1) is 0 Å². The minimum absolute atomic E-state index is 0.252. The predicted molar refractivity (Wildman–Crippen MR) is 94.4 cm³/mol. The molecule has 0 fully saturated rings. The van der Waals surface area contributed by atoms with E-state index < -0.39 is 0 Å². The Morgan fingerprint density at radius 2 is 1.88 bits per heavy atom. The van der Waals surface area contributed by atoms with E-state index in [1.54, 1.807) is 37.5 Å². The zero-order chi connectivity index (χ0) is 17.9. The Kier molecular flexibility index (Phi) is 4.03. The van der Waals surface area contributed by atoms with Crippen molar-refractivity contribution in [1.29, 1.82) is 0 Å². The van der Waals surface area contributed by atoms with Gasteiger partial charge < -0.3 is 13.8 Å². The molecule has 0 saturated heterocycles. The van der Waals surface area contributed by atoms with E-state index >= 15 is 0 Å². The quantitative estimate of drug-likeness (QED) is 0.560. The van der Waals surface area contributed by atoms with Gasteiger partial charge in [0.1, 0.15) is 5.69 Å². The minimum Gasteiger partial charge on any atom is -0.459 e. The maximum absolute atomic E-state index is 12.6. The molecule has 3 heterocycles. The van der Waals surface area contributed by atoms with Crippen LogP contribution in [0.2, 0.25) is 0 Å². The van der Waals surface area contributed by atoms with Crippen molar-refractivity contribution >= 4 is 11.6 Å². The highest BCUT2D eigenvalue weighted by molar-refractivity contribution is 6.05. The number of carbonyl (C=O) groups is 1. The highest BCUT2D eigenvalue weighted by Gasteiger charge is 2.21. The Hall–Kier alpha value is -3.74. The van der Waals surface area contributed by atoms with Gasteiger partial charge in [-0.3, -0.25) is 9.78 Å². The third-order valence-corrected chi connectivity index (χ3v) is 3.85. The molecule has 0 radical (unpaired) electrons. The Bertz CT molecular complexity index is 1030. The molecule has 0 atom stereocenters. The van der Waals surface area contributed by atoms with Crippen LogP contribution in [0.25, 0.3) is 23.0 Å². The standard InChI is InChI=1S/C19H14N4O3/c1-23(19(24)16-10-6-12-25-16)15-9-3-2-7-13(15)18-21-17(22-26-18)14-8-4-5-11-20-14/h2-12H,1H3. The van der Waals surface area contributed by atoms with E-state index in [0.29, 0.717) is 28.7 Å². The van der Waals surface area contributed by atoms with Gasteiger partial charge in [0.05, 0.1) is 17.5 Å². The van der Waals surface area contributed by atoms with Crippen LogP contribution >= 0.6 is 0 Å². The van der Waals surface area contributed by atoms with Crippen LogP contribution in [0.3, 0.4) is 0 Å². The molecule has 0 aliphatic rings. The van der Waals surface area contributed by atoms with Crippen LogP contribution in [0.5, 0.6) is 0 Å². The number of nitrogens with zero attached hydrogens (tertiary/aromatic N) is 4. The molecule has 3 aromatic heterocycles. The summed E-state index contributed by atoms with van der Waals surface area (Å²) in [6.45, 7) is 0. The van der Waals surface area contributed by atoms with Gasteiger partial charge in [0.25, 0.3) is 11.8 Å². The number of furan rings is 1. The number of amides is 1. The highest BCUT2D eigenvalue weighted by atomic mass is 16.5. The van der Waals surface area contributed by atoms with Crippen molar-refractivity contribution in [2.45, 2.75) is 0 Å². The number of carbonyl (C=O) groups excluding carboxylic acids is 1. The van der Waals surface area contributed by atoms with E-state index in [-0.39, 0.29) is 11.7 Å². The van der Waals surface area contributed by atoms with Gasteiger partial charge >= 0.3 is 0 Å². The molecular weight excluding hydrogens is 332 g/mol. The van der Waals surface area contributed by atoms with Gasteiger partial charge in [0.2, 0.25) is 5.82 Å². The molecule has 0 aliphatic heterocycles. The maximum Gasteiger partial charge on any atom is 0.293 e. The van der Waals surface area contributed by atoms with Crippen molar-refractivity contribution < 1.29 is 13.7 Å². The summed E-state index contributed by atoms with van der Waals surface area (Å²) in [4.78, 5) is 22.7. The van der Waals surface area contributed by atoms with Crippen LogP contribution in [0, 0.1) is 0 Å². The van der Waals surface area contributed by atoms with E-state index in [9.17, 15) is 4.79 Å². The molecule has 1 aromatic carbocycles. The van der Waals surface area contributed by atoms with Crippen LogP contribution in [-0.4, -0.2) is 28.1 Å². The smallest absolute Gasteiger partial charge is 0.293 e. The summed E-state index contributed by atoms with van der Waals surface area (Å²) in [5, 5.41) is 3.99. The molecule has 0 bridgehead atoms. The Morgan fingerprint density at radius 1 is 1.04 bits per heavy atom. The molecule has 1 amide bonds. The highest BCUT2D eigenvalue weighted by Crippen LogP contribution is 2.31. The normalized spacial score (nSPS) is 10.7. The van der Waals surface area contributed by atoms with Crippen molar-refractivity contribution in [3.63, 3.8) is 0 Å². The van der Waals surface area contributed by atoms with Gasteiger partial charge in [-0.05, 0) is 36.4 Å². The zero-order valence-corrected chi connectivity index (χ0v) is 13.9. The number of aromatic nitrogens is 3. The summed E-state index contributed by atoms with van der Waals surface area (Å²) in [7, 11) is 1.67. The van der Waals surface area contributed by atoms with E-state index in [2.05, 4.69) is 15.1 Å². The van der Waals surface area contributed by atoms with E-state index in [1.807, 2.05) is 30.3 Å². The summed E-state index contributed by atoms with van der Waals surface area (Å²) in [5.74, 6) is 0.671. The minimum atomic E-state index is -0.271. The van der Waals surface area contributed by atoms with Gasteiger partial charge in [-0.1, -0.05) is 23.4 Å². The predicted octanol–water partition coefficient (Wildman–Crippen LogP) is 3.67. The van der Waals surface area contributed by atoms with Crippen molar-refractivity contribution in [2.24, 2.45) is 0 Å². The lowest BCUT2D eigenvalue weighted by molar-refractivity contribution is 0.0966. The van der Waals surface area contributed by atoms with Crippen molar-refractivity contribution in [3.05, 3.63) is 72.8 Å². The largest absolute Gasteiger partial charge is 0.459 e. The molecule has 4 rings (SSSR count). The first-order valence-electron chi connectivity index (χ1n) is 7.90. The second-order valence-corrected chi connectivity index (χ2v) is 5.50. The Morgan fingerprint density at radius 3 is 2.65 bits per heavy atom. The molecular formula is C19H14N4O3. The van der Waals surface area contributed by atoms with Crippen LogP contribution in [0.15, 0.2) is 76.0 Å². The van der Waals surface area contributed by atoms with Gasteiger partial charge in [-0.2, -0.15) is 4.98 Å². The molecule has 0 N–H and O–H groups in total. The molecule has 0 spiro atoms. The molecule has 0 unspecified atom stereocenters. The molecule has 0 aliphatic carbocycles. The number of pyridine rings is 1. The first-order valence-corrected chi connectivity index (χ1v) is 7.90. The van der Waals surface area contributed by atoms with Crippen molar-refractivity contribution in [1.82, 2.24) is 15.1 Å². The van der Waals surface area contributed by atoms with E-state index in [4.69, 9.17) is 8.94 Å². The third kappa shape index (κ3) is 2.86. The number of hydrogen-bond acceptors (Lipinski definition) is 6. The summed E-state index contributed by atoms with van der Waals surface area (Å²) in [5.41, 5.74) is 1.88. The van der Waals surface area contributed by atoms with Crippen LogP contribution in [0.4, 0.5) is 5.69 Å². The van der Waals surface area contributed by atoms with Crippen molar-refractivity contribution in [3.8, 4) is 23.0 Å². The monoisotopic (exact) mass is 346 g/mol. The average molecular weight is 346 g/mol. The molecule has 7 nitrogen and oxygen atoms in total. The lowest BCUT2D eigenvalue weighted by Crippen LogP contribution is -2.26. The first kappa shape index (κ1) is 15.8. The Balaban J connectivity index is 1.71. The first-order chi connectivity index (χ1) is 12.7. The lowest BCUT2D eigenvalue weighted by atomic mass is 10.1. The van der Waals surface area contributed by atoms with Gasteiger partial charge in [0, 0.05) is 13.2 Å². The topological polar surface area (TPSA) is 85.3 Å². The van der Waals surface area contributed by atoms with E-state index in [1.165, 1.54) is 11.2 Å². The van der Waals surface area contributed by atoms with E-state index in [0.717, 1.165) is 0 Å². The Labute approximate surface area is 148 Å². The lowest BCUT2D eigenvalue weighted by Gasteiger charge is -2.18. The third-order valence-electron chi connectivity index (χ3n) is 3.85. The fourth-order valence-corrected chi connectivity index (χ4v) is 2.55. The summed E-state index contributed by atoms with van der Waals surface area (Å²) >= 11 is 0. The van der Waals surface area contributed by atoms with Crippen LogP contribution in [0.1, 0.15) is 10.6 Å². The van der Waals surface area contributed by atoms with Gasteiger partial charge in [-0.25, -0.2) is 0 Å². The second kappa shape index (κ2) is 6.64. The summed E-state index contributed by atoms with van der Waals surface area (Å²) in [6, 6.07) is 16.1. The fraction of sp³-hybridized carbons (Fsp3) is 0.0526. The second-order valence-electron chi connectivity index (χ2n) is 5.50. The number of benzene rings is 1. The molecule has 26 heavy (non-hydrogen) atoms. The maximum atomic E-state index is 12.6. The van der Waals surface area contributed by atoms with Crippen molar-refractivity contribution in [2.75, 3.05) is 11.9 Å². The molecule has 128 valence electrons. The number of anilines is 1. The zero-order valence-electron chi connectivity index (χ0n) is 13.9. The fourth-order valence-electron chi connectivity index (χ4n) is 2.55. The number of hydrogen-bond donors (Lipinski definition) is 0. The number of para-hydroxylation sites is 1. The van der Waals surface area contributed by atoms with Gasteiger partial charge in [0.15, 0.2) is 5.76 Å². The summed E-state index contributed by atoms with van der Waals surface area (Å²) < 4.78 is 10.6. The molecule has 0 saturated carbocycles. The van der Waals surface area contributed by atoms with Crippen LogP contribution < -0.4 is 4.90 Å². The number of rotatable bonds is 4. The SMILES string of the molecule is CN(C(=O)c1ccco1)c1ccccc1-c1nc(-c2ccccn2)no1.